The van der Waals surface area contributed by atoms with Crippen LogP contribution in [0.15, 0.2) is 36.5 Å². The molecule has 1 amide bonds. The molecule has 0 unspecified atom stereocenters. The first-order valence-corrected chi connectivity index (χ1v) is 7.34. The highest BCUT2D eigenvalue weighted by Crippen LogP contribution is 2.44. The third-order valence-electron chi connectivity index (χ3n) is 4.18. The molecule has 1 aliphatic carbocycles. The number of carbonyl (C=O) groups is 1. The molecule has 0 radical (unpaired) electrons. The highest BCUT2D eigenvalue weighted by atomic mass is 19.3. The Hall–Kier alpha value is -2.79. The van der Waals surface area contributed by atoms with Gasteiger partial charge in [-0.25, -0.2) is 4.68 Å². The number of amides is 1. The molecule has 2 N–H and O–H groups in total. The zero-order chi connectivity index (χ0) is 17.4. The van der Waals surface area contributed by atoms with Gasteiger partial charge in [-0.2, -0.15) is 19.1 Å². The zero-order valence-electron chi connectivity index (χ0n) is 12.5. The van der Waals surface area contributed by atoms with E-state index in [9.17, 15) is 18.7 Å². The van der Waals surface area contributed by atoms with Gasteiger partial charge in [0.1, 0.15) is 11.4 Å². The standard InChI is InChI=1S/C16H14F2N4O2/c17-16(18,15(24)7-1-8-15)14(23)21-13-6-9-20-22(13)12-4-2-11(10-19)3-5-12/h2-6,9,24H,1,7-8H2,(H,21,23). The van der Waals surface area contributed by atoms with E-state index in [2.05, 4.69) is 10.4 Å². The van der Waals surface area contributed by atoms with Gasteiger partial charge in [-0.1, -0.05) is 0 Å². The van der Waals surface area contributed by atoms with Crippen LogP contribution in [0.3, 0.4) is 0 Å². The number of alkyl halides is 2. The van der Waals surface area contributed by atoms with E-state index in [0.717, 1.165) is 0 Å². The molecule has 0 spiro atoms. The smallest absolute Gasteiger partial charge is 0.352 e. The van der Waals surface area contributed by atoms with Crippen LogP contribution in [0.4, 0.5) is 14.6 Å². The van der Waals surface area contributed by atoms with Crippen molar-refractivity contribution in [2.75, 3.05) is 5.32 Å². The summed E-state index contributed by atoms with van der Waals surface area (Å²) in [6.07, 6.45) is 1.59. The lowest BCUT2D eigenvalue weighted by Gasteiger charge is -2.41. The van der Waals surface area contributed by atoms with Gasteiger partial charge in [0.2, 0.25) is 0 Å². The second-order valence-electron chi connectivity index (χ2n) is 5.70. The Morgan fingerprint density at radius 3 is 2.54 bits per heavy atom. The number of hydrogen-bond acceptors (Lipinski definition) is 4. The lowest BCUT2D eigenvalue weighted by atomic mass is 9.75. The molecule has 0 atom stereocenters. The zero-order valence-corrected chi connectivity index (χ0v) is 12.5. The van der Waals surface area contributed by atoms with Gasteiger partial charge in [-0.15, -0.1) is 0 Å². The molecule has 1 aliphatic rings. The van der Waals surface area contributed by atoms with Crippen molar-refractivity contribution >= 4 is 11.7 Å². The third-order valence-corrected chi connectivity index (χ3v) is 4.18. The van der Waals surface area contributed by atoms with Crippen LogP contribution in [0.1, 0.15) is 24.8 Å². The first-order valence-electron chi connectivity index (χ1n) is 7.34. The number of halogens is 2. The van der Waals surface area contributed by atoms with E-state index in [0.29, 0.717) is 17.7 Å². The highest BCUT2D eigenvalue weighted by Gasteiger charge is 2.61. The van der Waals surface area contributed by atoms with Crippen molar-refractivity contribution < 1.29 is 18.7 Å². The molecule has 3 rings (SSSR count). The number of aliphatic hydroxyl groups is 1. The lowest BCUT2D eigenvalue weighted by molar-refractivity contribution is -0.212. The summed E-state index contributed by atoms with van der Waals surface area (Å²) in [6.45, 7) is 0. The van der Waals surface area contributed by atoms with Gasteiger partial charge in [-0.3, -0.25) is 4.79 Å². The molecule has 0 aliphatic heterocycles. The quantitative estimate of drug-likeness (QED) is 0.898. The fraction of sp³-hybridized carbons (Fsp3) is 0.312. The van der Waals surface area contributed by atoms with E-state index in [1.165, 1.54) is 16.9 Å². The van der Waals surface area contributed by atoms with Crippen LogP contribution in [0.25, 0.3) is 5.69 Å². The topological polar surface area (TPSA) is 90.9 Å². The van der Waals surface area contributed by atoms with Crippen molar-refractivity contribution in [2.24, 2.45) is 0 Å². The van der Waals surface area contributed by atoms with Crippen molar-refractivity contribution in [3.05, 3.63) is 42.1 Å². The third kappa shape index (κ3) is 2.53. The molecule has 0 saturated heterocycles. The van der Waals surface area contributed by atoms with Crippen LogP contribution in [0.2, 0.25) is 0 Å². The highest BCUT2D eigenvalue weighted by molar-refractivity contribution is 5.96. The number of rotatable bonds is 4. The number of nitriles is 1. The molecular weight excluding hydrogens is 318 g/mol. The molecule has 1 saturated carbocycles. The van der Waals surface area contributed by atoms with Crippen molar-refractivity contribution in [3.63, 3.8) is 0 Å². The molecule has 0 bridgehead atoms. The van der Waals surface area contributed by atoms with Crippen LogP contribution in [-0.2, 0) is 4.79 Å². The first kappa shape index (κ1) is 16.1. The first-order chi connectivity index (χ1) is 11.4. The summed E-state index contributed by atoms with van der Waals surface area (Å²) in [4.78, 5) is 12.0. The van der Waals surface area contributed by atoms with E-state index in [-0.39, 0.29) is 18.7 Å². The van der Waals surface area contributed by atoms with Gasteiger partial charge in [0, 0.05) is 6.07 Å². The monoisotopic (exact) mass is 332 g/mol. The molecular formula is C16H14F2N4O2. The van der Waals surface area contributed by atoms with Gasteiger partial charge >= 0.3 is 5.92 Å². The summed E-state index contributed by atoms with van der Waals surface area (Å²) in [5.74, 6) is -5.40. The Kier molecular flexibility index (Phi) is 3.81. The van der Waals surface area contributed by atoms with Gasteiger partial charge in [0.05, 0.1) is 23.5 Å². The Labute approximate surface area is 136 Å². The van der Waals surface area contributed by atoms with E-state index in [1.807, 2.05) is 6.07 Å². The van der Waals surface area contributed by atoms with Crippen molar-refractivity contribution in [3.8, 4) is 11.8 Å². The van der Waals surface area contributed by atoms with Crippen LogP contribution >= 0.6 is 0 Å². The van der Waals surface area contributed by atoms with E-state index in [4.69, 9.17) is 5.26 Å². The van der Waals surface area contributed by atoms with Crippen molar-refractivity contribution in [1.82, 2.24) is 9.78 Å². The maximum Gasteiger partial charge on any atom is 0.352 e. The van der Waals surface area contributed by atoms with Crippen LogP contribution in [0, 0.1) is 11.3 Å². The average molecular weight is 332 g/mol. The maximum absolute atomic E-state index is 14.1. The molecule has 2 aromatic rings. The fourth-order valence-electron chi connectivity index (χ4n) is 2.51. The van der Waals surface area contributed by atoms with Crippen LogP contribution < -0.4 is 5.32 Å². The van der Waals surface area contributed by atoms with E-state index >= 15 is 0 Å². The minimum absolute atomic E-state index is 0.0484. The Morgan fingerprint density at radius 2 is 2.00 bits per heavy atom. The number of hydrogen-bond donors (Lipinski definition) is 2. The SMILES string of the molecule is N#Cc1ccc(-n2nccc2NC(=O)C(F)(F)C2(O)CCC2)cc1. The number of carbonyl (C=O) groups excluding carboxylic acids is 1. The summed E-state index contributed by atoms with van der Waals surface area (Å²) in [6, 6.07) is 9.61. The number of nitrogens with zero attached hydrogens (tertiary/aromatic N) is 3. The summed E-state index contributed by atoms with van der Waals surface area (Å²) in [7, 11) is 0. The summed E-state index contributed by atoms with van der Waals surface area (Å²) < 4.78 is 29.6. The number of aromatic nitrogens is 2. The Bertz CT molecular complexity index is 804. The van der Waals surface area contributed by atoms with Crippen molar-refractivity contribution in [2.45, 2.75) is 30.8 Å². The maximum atomic E-state index is 14.1. The summed E-state index contributed by atoms with van der Waals surface area (Å²) in [5, 5.41) is 24.7. The predicted molar refractivity (Wildman–Crippen MR) is 80.7 cm³/mol. The molecule has 1 aromatic carbocycles. The predicted octanol–water partition coefficient (Wildman–Crippen LogP) is 2.23. The minimum atomic E-state index is -3.88. The van der Waals surface area contributed by atoms with Gasteiger partial charge in [-0.05, 0) is 43.5 Å². The number of benzene rings is 1. The molecule has 1 heterocycles. The Balaban J connectivity index is 1.83. The molecule has 6 nitrogen and oxygen atoms in total. The van der Waals surface area contributed by atoms with E-state index in [1.54, 1.807) is 24.3 Å². The average Bonchev–Trinajstić information content (AvgIpc) is 3.00. The second kappa shape index (κ2) is 5.69. The molecule has 24 heavy (non-hydrogen) atoms. The Morgan fingerprint density at radius 1 is 1.33 bits per heavy atom. The summed E-state index contributed by atoms with van der Waals surface area (Å²) >= 11 is 0. The number of nitrogens with one attached hydrogen (secondary N) is 1. The molecule has 1 fully saturated rings. The van der Waals surface area contributed by atoms with Gasteiger partial charge in [0.15, 0.2) is 0 Å². The lowest BCUT2D eigenvalue weighted by Crippen LogP contribution is -2.59. The normalized spacial score (nSPS) is 16.1. The summed E-state index contributed by atoms with van der Waals surface area (Å²) in [5.41, 5.74) is -1.34. The van der Waals surface area contributed by atoms with Crippen LogP contribution in [-0.4, -0.2) is 32.3 Å². The van der Waals surface area contributed by atoms with Gasteiger partial charge in [0.25, 0.3) is 5.91 Å². The van der Waals surface area contributed by atoms with Gasteiger partial charge < -0.3 is 10.4 Å². The van der Waals surface area contributed by atoms with E-state index < -0.39 is 17.4 Å². The largest absolute Gasteiger partial charge is 0.383 e. The van der Waals surface area contributed by atoms with Crippen LogP contribution in [0.5, 0.6) is 0 Å². The molecule has 8 heteroatoms. The minimum Gasteiger partial charge on any atom is -0.383 e. The molecule has 124 valence electrons. The molecule has 1 aromatic heterocycles. The van der Waals surface area contributed by atoms with Crippen molar-refractivity contribution in [1.29, 1.82) is 5.26 Å². The number of anilines is 1. The fourth-order valence-corrected chi connectivity index (χ4v) is 2.51. The second-order valence-corrected chi connectivity index (χ2v) is 5.70.